The monoisotopic (exact) mass is 331 g/mol. The standard InChI is InChI=1S/C15H14FN5OS/c1-10-7-11(4-5-12(10)16)8-17-14(22)9-21-19-15(18-20-21)13-3-2-6-23-13/h2-7H,8-9H2,1H3,(H,17,22). The van der Waals surface area contributed by atoms with Gasteiger partial charge in [-0.2, -0.15) is 4.80 Å². The zero-order chi connectivity index (χ0) is 16.2. The Morgan fingerprint density at radius 2 is 2.26 bits per heavy atom. The molecule has 0 aliphatic heterocycles. The first-order valence-electron chi connectivity index (χ1n) is 6.95. The van der Waals surface area contributed by atoms with Crippen LogP contribution >= 0.6 is 11.3 Å². The summed E-state index contributed by atoms with van der Waals surface area (Å²) in [6.45, 7) is 2.00. The molecule has 3 rings (SSSR count). The second-order valence-corrected chi connectivity index (χ2v) is 5.93. The number of thiophene rings is 1. The zero-order valence-corrected chi connectivity index (χ0v) is 13.2. The van der Waals surface area contributed by atoms with Crippen LogP contribution < -0.4 is 5.32 Å². The summed E-state index contributed by atoms with van der Waals surface area (Å²) in [5, 5.41) is 16.6. The summed E-state index contributed by atoms with van der Waals surface area (Å²) in [5.41, 5.74) is 1.39. The van der Waals surface area contributed by atoms with Crippen molar-refractivity contribution in [1.82, 2.24) is 25.5 Å². The minimum atomic E-state index is -0.256. The fraction of sp³-hybridized carbons (Fsp3) is 0.200. The van der Waals surface area contributed by atoms with Crippen molar-refractivity contribution in [2.75, 3.05) is 0 Å². The summed E-state index contributed by atoms with van der Waals surface area (Å²) >= 11 is 1.51. The first-order chi connectivity index (χ1) is 11.1. The molecule has 2 aromatic heterocycles. The highest BCUT2D eigenvalue weighted by atomic mass is 32.1. The Hall–Kier alpha value is -2.61. The van der Waals surface area contributed by atoms with Gasteiger partial charge in [-0.1, -0.05) is 18.2 Å². The Morgan fingerprint density at radius 1 is 1.39 bits per heavy atom. The van der Waals surface area contributed by atoms with Crippen LogP contribution in [-0.4, -0.2) is 26.1 Å². The first kappa shape index (κ1) is 15.3. The number of aryl methyl sites for hydroxylation is 1. The van der Waals surface area contributed by atoms with E-state index in [1.165, 1.54) is 22.2 Å². The molecular formula is C15H14FN5OS. The smallest absolute Gasteiger partial charge is 0.243 e. The molecule has 2 heterocycles. The van der Waals surface area contributed by atoms with Gasteiger partial charge in [0, 0.05) is 6.54 Å². The third-order valence-electron chi connectivity index (χ3n) is 3.19. The highest BCUT2D eigenvalue weighted by Crippen LogP contribution is 2.19. The molecule has 1 amide bonds. The number of aromatic nitrogens is 4. The predicted molar refractivity (Wildman–Crippen MR) is 84.1 cm³/mol. The summed E-state index contributed by atoms with van der Waals surface area (Å²) in [6, 6.07) is 8.54. The van der Waals surface area contributed by atoms with Crippen molar-refractivity contribution in [2.24, 2.45) is 0 Å². The van der Waals surface area contributed by atoms with E-state index < -0.39 is 0 Å². The van der Waals surface area contributed by atoms with E-state index in [4.69, 9.17) is 0 Å². The number of tetrazole rings is 1. The maximum Gasteiger partial charge on any atom is 0.243 e. The highest BCUT2D eigenvalue weighted by molar-refractivity contribution is 7.13. The van der Waals surface area contributed by atoms with Crippen LogP contribution in [0.1, 0.15) is 11.1 Å². The van der Waals surface area contributed by atoms with Crippen molar-refractivity contribution in [2.45, 2.75) is 20.0 Å². The third-order valence-corrected chi connectivity index (χ3v) is 4.06. The number of benzene rings is 1. The van der Waals surface area contributed by atoms with Gasteiger partial charge in [0.2, 0.25) is 11.7 Å². The Balaban J connectivity index is 1.56. The Kier molecular flexibility index (Phi) is 4.42. The van der Waals surface area contributed by atoms with Crippen LogP contribution in [0, 0.1) is 12.7 Å². The molecule has 0 radical (unpaired) electrons. The van der Waals surface area contributed by atoms with Gasteiger partial charge in [0.15, 0.2) is 0 Å². The number of carbonyl (C=O) groups excluding carboxylic acids is 1. The number of hydrogen-bond donors (Lipinski definition) is 1. The van der Waals surface area contributed by atoms with Gasteiger partial charge < -0.3 is 5.32 Å². The molecule has 0 bridgehead atoms. The number of carbonyl (C=O) groups is 1. The molecule has 0 spiro atoms. The summed E-state index contributed by atoms with van der Waals surface area (Å²) in [5.74, 6) is 0.0112. The minimum Gasteiger partial charge on any atom is -0.350 e. The molecule has 0 saturated heterocycles. The molecular weight excluding hydrogens is 317 g/mol. The van der Waals surface area contributed by atoms with Gasteiger partial charge in [-0.25, -0.2) is 4.39 Å². The molecule has 0 aliphatic rings. The second-order valence-electron chi connectivity index (χ2n) is 4.98. The summed E-state index contributed by atoms with van der Waals surface area (Å²) in [6.07, 6.45) is 0. The van der Waals surface area contributed by atoms with E-state index in [0.29, 0.717) is 17.9 Å². The number of rotatable bonds is 5. The van der Waals surface area contributed by atoms with E-state index in [1.807, 2.05) is 17.5 Å². The Morgan fingerprint density at radius 3 is 3.00 bits per heavy atom. The lowest BCUT2D eigenvalue weighted by Crippen LogP contribution is -2.28. The van der Waals surface area contributed by atoms with Crippen LogP contribution in [0.4, 0.5) is 4.39 Å². The third kappa shape index (κ3) is 3.78. The molecule has 0 saturated carbocycles. The van der Waals surface area contributed by atoms with Crippen LogP contribution in [0.2, 0.25) is 0 Å². The predicted octanol–water partition coefficient (Wildman–Crippen LogP) is 2.17. The van der Waals surface area contributed by atoms with Crippen LogP contribution in [0.5, 0.6) is 0 Å². The first-order valence-corrected chi connectivity index (χ1v) is 7.83. The Bertz CT molecular complexity index is 815. The van der Waals surface area contributed by atoms with E-state index in [9.17, 15) is 9.18 Å². The van der Waals surface area contributed by atoms with Crippen molar-refractivity contribution in [3.05, 3.63) is 52.7 Å². The van der Waals surface area contributed by atoms with Crippen molar-refractivity contribution < 1.29 is 9.18 Å². The van der Waals surface area contributed by atoms with Crippen molar-refractivity contribution in [3.63, 3.8) is 0 Å². The van der Waals surface area contributed by atoms with Gasteiger partial charge in [0.25, 0.3) is 0 Å². The molecule has 0 aliphatic carbocycles. The van der Waals surface area contributed by atoms with Crippen LogP contribution in [0.15, 0.2) is 35.7 Å². The van der Waals surface area contributed by atoms with E-state index in [0.717, 1.165) is 10.4 Å². The second kappa shape index (κ2) is 6.66. The van der Waals surface area contributed by atoms with Gasteiger partial charge in [-0.3, -0.25) is 4.79 Å². The molecule has 8 heteroatoms. The highest BCUT2D eigenvalue weighted by Gasteiger charge is 2.10. The molecule has 6 nitrogen and oxygen atoms in total. The molecule has 0 atom stereocenters. The van der Waals surface area contributed by atoms with Gasteiger partial charge in [0.05, 0.1) is 4.88 Å². The van der Waals surface area contributed by atoms with E-state index in [2.05, 4.69) is 20.7 Å². The van der Waals surface area contributed by atoms with Crippen molar-refractivity contribution in [3.8, 4) is 10.7 Å². The molecule has 3 aromatic rings. The van der Waals surface area contributed by atoms with Gasteiger partial charge >= 0.3 is 0 Å². The Labute approximate surface area is 136 Å². The topological polar surface area (TPSA) is 72.7 Å². The summed E-state index contributed by atoms with van der Waals surface area (Å²) in [4.78, 5) is 14.1. The van der Waals surface area contributed by atoms with Crippen LogP contribution in [-0.2, 0) is 17.9 Å². The maximum atomic E-state index is 13.2. The van der Waals surface area contributed by atoms with Gasteiger partial charge in [0.1, 0.15) is 12.4 Å². The number of hydrogen-bond acceptors (Lipinski definition) is 5. The number of nitrogens with one attached hydrogen (secondary N) is 1. The van der Waals surface area contributed by atoms with Gasteiger partial charge in [-0.15, -0.1) is 21.5 Å². The molecule has 0 unspecified atom stereocenters. The molecule has 23 heavy (non-hydrogen) atoms. The lowest BCUT2D eigenvalue weighted by molar-refractivity contribution is -0.122. The van der Waals surface area contributed by atoms with E-state index in [1.54, 1.807) is 19.1 Å². The maximum absolute atomic E-state index is 13.2. The van der Waals surface area contributed by atoms with Crippen LogP contribution in [0.3, 0.4) is 0 Å². The summed E-state index contributed by atoms with van der Waals surface area (Å²) in [7, 11) is 0. The molecule has 1 aromatic carbocycles. The van der Waals surface area contributed by atoms with Crippen molar-refractivity contribution >= 4 is 17.2 Å². The average Bonchev–Trinajstić information content (AvgIpc) is 3.19. The molecule has 0 fully saturated rings. The van der Waals surface area contributed by atoms with Crippen LogP contribution in [0.25, 0.3) is 10.7 Å². The molecule has 1 N–H and O–H groups in total. The van der Waals surface area contributed by atoms with Crippen molar-refractivity contribution in [1.29, 1.82) is 0 Å². The summed E-state index contributed by atoms with van der Waals surface area (Å²) < 4.78 is 13.2. The average molecular weight is 331 g/mol. The largest absolute Gasteiger partial charge is 0.350 e. The van der Waals surface area contributed by atoms with E-state index >= 15 is 0 Å². The lowest BCUT2D eigenvalue weighted by atomic mass is 10.1. The fourth-order valence-electron chi connectivity index (χ4n) is 2.02. The SMILES string of the molecule is Cc1cc(CNC(=O)Cn2nnc(-c3cccs3)n2)ccc1F. The number of halogens is 1. The molecule has 118 valence electrons. The fourth-order valence-corrected chi connectivity index (χ4v) is 2.66. The zero-order valence-electron chi connectivity index (χ0n) is 12.4. The quantitative estimate of drug-likeness (QED) is 0.778. The van der Waals surface area contributed by atoms with E-state index in [-0.39, 0.29) is 18.3 Å². The lowest BCUT2D eigenvalue weighted by Gasteiger charge is -2.06. The van der Waals surface area contributed by atoms with Gasteiger partial charge in [-0.05, 0) is 40.8 Å². The number of nitrogens with zero attached hydrogens (tertiary/aromatic N) is 4. The normalized spacial score (nSPS) is 10.7. The minimum absolute atomic E-state index is 0.0153. The number of amides is 1.